The molecule has 1 heteroatoms. The van der Waals surface area contributed by atoms with E-state index in [9.17, 15) is 0 Å². The first-order chi connectivity index (χ1) is 4.17. The number of ether oxygens (including phenoxy) is 1. The summed E-state index contributed by atoms with van der Waals surface area (Å²) in [6.45, 7) is 8.86. The fraction of sp³-hybridized carbons (Fsp3) is 1.00. The molecule has 0 amide bonds. The van der Waals surface area contributed by atoms with Crippen molar-refractivity contribution in [3.05, 3.63) is 0 Å². The maximum absolute atomic E-state index is 5.12. The van der Waals surface area contributed by atoms with Gasteiger partial charge in [0, 0.05) is 5.92 Å². The zero-order valence-corrected chi connectivity index (χ0v) is 6.61. The minimum absolute atomic E-state index is 0.512. The molecule has 0 spiro atoms. The smallest absolute Gasteiger partial charge is 0.0521 e. The van der Waals surface area contributed by atoms with Crippen molar-refractivity contribution < 1.29 is 4.74 Å². The molecule has 1 rings (SSSR count). The molecule has 1 heterocycles. The molecule has 0 atom stereocenters. The molecule has 0 unspecified atom stereocenters. The lowest BCUT2D eigenvalue weighted by molar-refractivity contribution is -0.0888. The van der Waals surface area contributed by atoms with Crippen LogP contribution in [0.15, 0.2) is 0 Å². The largest absolute Gasteiger partial charge is 0.381 e. The van der Waals surface area contributed by atoms with Crippen LogP contribution in [0.25, 0.3) is 0 Å². The van der Waals surface area contributed by atoms with Crippen LogP contribution >= 0.6 is 0 Å². The van der Waals surface area contributed by atoms with E-state index in [0.717, 1.165) is 19.1 Å². The predicted molar refractivity (Wildman–Crippen MR) is 38.4 cm³/mol. The Balaban J connectivity index is 2.37. The van der Waals surface area contributed by atoms with Gasteiger partial charge >= 0.3 is 0 Å². The molecule has 0 aromatic rings. The van der Waals surface area contributed by atoms with Crippen molar-refractivity contribution in [2.45, 2.75) is 27.2 Å². The SMILES string of the molecule is CCC(C)(C)C1COC1. The third-order valence-corrected chi connectivity index (χ3v) is 2.65. The lowest BCUT2D eigenvalue weighted by Gasteiger charge is -2.39. The van der Waals surface area contributed by atoms with E-state index in [1.54, 1.807) is 0 Å². The monoisotopic (exact) mass is 128 g/mol. The van der Waals surface area contributed by atoms with Gasteiger partial charge in [-0.3, -0.25) is 0 Å². The van der Waals surface area contributed by atoms with Crippen LogP contribution in [-0.4, -0.2) is 13.2 Å². The van der Waals surface area contributed by atoms with Crippen molar-refractivity contribution in [3.8, 4) is 0 Å². The van der Waals surface area contributed by atoms with Crippen LogP contribution in [0.2, 0.25) is 0 Å². The molecule has 1 saturated heterocycles. The first-order valence-electron chi connectivity index (χ1n) is 3.74. The van der Waals surface area contributed by atoms with E-state index in [1.165, 1.54) is 6.42 Å². The van der Waals surface area contributed by atoms with Crippen molar-refractivity contribution in [1.29, 1.82) is 0 Å². The molecule has 0 saturated carbocycles. The average molecular weight is 128 g/mol. The Morgan fingerprint density at radius 2 is 2.00 bits per heavy atom. The fourth-order valence-electron chi connectivity index (χ4n) is 0.976. The van der Waals surface area contributed by atoms with Gasteiger partial charge in [0.25, 0.3) is 0 Å². The molecule has 0 radical (unpaired) electrons. The minimum Gasteiger partial charge on any atom is -0.381 e. The Morgan fingerprint density at radius 1 is 1.44 bits per heavy atom. The van der Waals surface area contributed by atoms with Gasteiger partial charge in [-0.25, -0.2) is 0 Å². The Morgan fingerprint density at radius 3 is 2.11 bits per heavy atom. The van der Waals surface area contributed by atoms with E-state index < -0.39 is 0 Å². The minimum atomic E-state index is 0.512. The third kappa shape index (κ3) is 1.26. The summed E-state index contributed by atoms with van der Waals surface area (Å²) in [6, 6.07) is 0. The Kier molecular flexibility index (Phi) is 1.80. The third-order valence-electron chi connectivity index (χ3n) is 2.65. The lowest BCUT2D eigenvalue weighted by atomic mass is 9.76. The maximum atomic E-state index is 5.12. The first kappa shape index (κ1) is 7.07. The van der Waals surface area contributed by atoms with Gasteiger partial charge in [-0.05, 0) is 5.41 Å². The van der Waals surface area contributed by atoms with Crippen LogP contribution in [0.3, 0.4) is 0 Å². The lowest BCUT2D eigenvalue weighted by Crippen LogP contribution is -2.39. The molecule has 1 fully saturated rings. The summed E-state index contributed by atoms with van der Waals surface area (Å²) in [7, 11) is 0. The van der Waals surface area contributed by atoms with Crippen molar-refractivity contribution in [2.24, 2.45) is 11.3 Å². The summed E-state index contributed by atoms with van der Waals surface area (Å²) in [5.74, 6) is 0.822. The molecule has 1 aliphatic heterocycles. The molecule has 0 aromatic carbocycles. The molecule has 1 aliphatic rings. The van der Waals surface area contributed by atoms with E-state index in [1.807, 2.05) is 0 Å². The van der Waals surface area contributed by atoms with E-state index in [-0.39, 0.29) is 0 Å². The number of hydrogen-bond donors (Lipinski definition) is 0. The van der Waals surface area contributed by atoms with Gasteiger partial charge in [0.15, 0.2) is 0 Å². The second kappa shape index (κ2) is 2.30. The number of hydrogen-bond acceptors (Lipinski definition) is 1. The van der Waals surface area contributed by atoms with Gasteiger partial charge in [-0.1, -0.05) is 27.2 Å². The molecule has 0 aromatic heterocycles. The predicted octanol–water partition coefficient (Wildman–Crippen LogP) is 2.07. The van der Waals surface area contributed by atoms with Crippen molar-refractivity contribution >= 4 is 0 Å². The molecular weight excluding hydrogens is 112 g/mol. The van der Waals surface area contributed by atoms with Crippen molar-refractivity contribution in [1.82, 2.24) is 0 Å². The zero-order valence-electron chi connectivity index (χ0n) is 6.61. The molecule has 0 N–H and O–H groups in total. The van der Waals surface area contributed by atoms with E-state index in [2.05, 4.69) is 20.8 Å². The van der Waals surface area contributed by atoms with E-state index in [0.29, 0.717) is 5.41 Å². The molecule has 54 valence electrons. The summed E-state index contributed by atoms with van der Waals surface area (Å²) in [6.07, 6.45) is 1.26. The highest BCUT2D eigenvalue weighted by molar-refractivity contribution is 4.80. The molecular formula is C8H16O. The summed E-state index contributed by atoms with van der Waals surface area (Å²) in [4.78, 5) is 0. The maximum Gasteiger partial charge on any atom is 0.0521 e. The van der Waals surface area contributed by atoms with Gasteiger partial charge < -0.3 is 4.74 Å². The highest BCUT2D eigenvalue weighted by Crippen LogP contribution is 2.34. The van der Waals surface area contributed by atoms with Gasteiger partial charge in [0.1, 0.15) is 0 Å². The molecule has 9 heavy (non-hydrogen) atoms. The van der Waals surface area contributed by atoms with Gasteiger partial charge in [0.05, 0.1) is 13.2 Å². The van der Waals surface area contributed by atoms with Crippen LogP contribution in [0, 0.1) is 11.3 Å². The molecule has 1 nitrogen and oxygen atoms in total. The molecule has 0 bridgehead atoms. The highest BCUT2D eigenvalue weighted by atomic mass is 16.5. The summed E-state index contributed by atoms with van der Waals surface area (Å²) < 4.78 is 5.12. The van der Waals surface area contributed by atoms with Crippen LogP contribution in [0.4, 0.5) is 0 Å². The second-order valence-corrected chi connectivity index (χ2v) is 3.58. The summed E-state index contributed by atoms with van der Waals surface area (Å²) in [5.41, 5.74) is 0.512. The topological polar surface area (TPSA) is 9.23 Å². The van der Waals surface area contributed by atoms with Crippen LogP contribution in [-0.2, 0) is 4.74 Å². The Labute approximate surface area is 57.4 Å². The van der Waals surface area contributed by atoms with E-state index in [4.69, 9.17) is 4.74 Å². The zero-order chi connectivity index (χ0) is 6.91. The normalized spacial score (nSPS) is 21.7. The quantitative estimate of drug-likeness (QED) is 0.553. The summed E-state index contributed by atoms with van der Waals surface area (Å²) in [5, 5.41) is 0. The highest BCUT2D eigenvalue weighted by Gasteiger charge is 2.33. The van der Waals surface area contributed by atoms with Crippen molar-refractivity contribution in [3.63, 3.8) is 0 Å². The van der Waals surface area contributed by atoms with Crippen LogP contribution in [0.1, 0.15) is 27.2 Å². The Bertz CT molecular complexity index is 92.7. The van der Waals surface area contributed by atoms with Crippen LogP contribution in [0.5, 0.6) is 0 Å². The van der Waals surface area contributed by atoms with Crippen LogP contribution < -0.4 is 0 Å². The molecule has 0 aliphatic carbocycles. The van der Waals surface area contributed by atoms with Gasteiger partial charge in [-0.15, -0.1) is 0 Å². The Hall–Kier alpha value is -0.0400. The summed E-state index contributed by atoms with van der Waals surface area (Å²) >= 11 is 0. The first-order valence-corrected chi connectivity index (χ1v) is 3.74. The second-order valence-electron chi connectivity index (χ2n) is 3.58. The van der Waals surface area contributed by atoms with Gasteiger partial charge in [0.2, 0.25) is 0 Å². The standard InChI is InChI=1S/C8H16O/c1-4-8(2,3)7-5-9-6-7/h7H,4-6H2,1-3H3. The average Bonchev–Trinajstić information content (AvgIpc) is 1.60. The van der Waals surface area contributed by atoms with E-state index >= 15 is 0 Å². The van der Waals surface area contributed by atoms with Gasteiger partial charge in [-0.2, -0.15) is 0 Å². The number of rotatable bonds is 2. The fourth-order valence-corrected chi connectivity index (χ4v) is 0.976. The van der Waals surface area contributed by atoms with Crippen molar-refractivity contribution in [2.75, 3.05) is 13.2 Å².